The summed E-state index contributed by atoms with van der Waals surface area (Å²) in [6, 6.07) is 6.53. The van der Waals surface area contributed by atoms with Crippen LogP contribution in [0.15, 0.2) is 35.8 Å². The summed E-state index contributed by atoms with van der Waals surface area (Å²) in [4.78, 5) is 14.7. The van der Waals surface area contributed by atoms with Gasteiger partial charge < -0.3 is 5.11 Å². The summed E-state index contributed by atoms with van der Waals surface area (Å²) in [5.41, 5.74) is 0.918. The first-order valence-corrected chi connectivity index (χ1v) is 5.38. The maximum Gasteiger partial charge on any atom is 0.335 e. The molecule has 2 rings (SSSR count). The largest absolute Gasteiger partial charge is 0.478 e. The third-order valence-electron chi connectivity index (χ3n) is 1.86. The molecule has 0 unspecified atom stereocenters. The van der Waals surface area contributed by atoms with Crippen molar-refractivity contribution in [2.75, 3.05) is 0 Å². The van der Waals surface area contributed by atoms with Gasteiger partial charge in [-0.05, 0) is 24.1 Å². The first-order chi connectivity index (χ1) is 7.75. The molecule has 0 bridgehead atoms. The third-order valence-corrected chi connectivity index (χ3v) is 2.54. The normalized spacial score (nSPS) is 9.25. The van der Waals surface area contributed by atoms with Crippen molar-refractivity contribution in [1.29, 1.82) is 0 Å². The number of nitrogens with zero attached hydrogens (tertiary/aromatic N) is 1. The summed E-state index contributed by atoms with van der Waals surface area (Å²) in [7, 11) is 0. The molecule has 0 radical (unpaired) electrons. The van der Waals surface area contributed by atoms with Crippen LogP contribution in [0.2, 0.25) is 0 Å². The van der Waals surface area contributed by atoms with Crippen LogP contribution in [0.5, 0.6) is 0 Å². The number of hydrogen-bond acceptors (Lipinski definition) is 3. The molecule has 0 atom stereocenters. The van der Waals surface area contributed by atoms with Gasteiger partial charge in [0.1, 0.15) is 0 Å². The number of aromatic nitrogens is 1. The predicted molar refractivity (Wildman–Crippen MR) is 61.5 cm³/mol. The minimum atomic E-state index is -0.946. The first-order valence-electron chi connectivity index (χ1n) is 4.50. The van der Waals surface area contributed by atoms with Gasteiger partial charge in [0.2, 0.25) is 0 Å². The molecule has 0 amide bonds. The van der Waals surface area contributed by atoms with Crippen LogP contribution in [-0.4, -0.2) is 16.1 Å². The minimum absolute atomic E-state index is 0.242. The van der Waals surface area contributed by atoms with E-state index in [1.165, 1.54) is 17.4 Å². The fourth-order valence-electron chi connectivity index (χ4n) is 1.14. The average Bonchev–Trinajstić information content (AvgIpc) is 2.79. The van der Waals surface area contributed by atoms with E-state index in [0.717, 1.165) is 5.01 Å². The van der Waals surface area contributed by atoms with Crippen molar-refractivity contribution in [2.24, 2.45) is 0 Å². The molecule has 1 aromatic carbocycles. The number of carbonyl (C=O) groups is 1. The van der Waals surface area contributed by atoms with Crippen LogP contribution in [0.4, 0.5) is 0 Å². The maximum absolute atomic E-state index is 10.7. The van der Waals surface area contributed by atoms with E-state index in [1.807, 2.05) is 5.38 Å². The van der Waals surface area contributed by atoms with E-state index in [-0.39, 0.29) is 5.56 Å². The van der Waals surface area contributed by atoms with Gasteiger partial charge in [0.25, 0.3) is 0 Å². The Morgan fingerprint density at radius 3 is 2.94 bits per heavy atom. The van der Waals surface area contributed by atoms with Crippen LogP contribution >= 0.6 is 11.3 Å². The highest BCUT2D eigenvalue weighted by molar-refractivity contribution is 7.10. The van der Waals surface area contributed by atoms with Crippen molar-refractivity contribution in [3.8, 4) is 11.8 Å². The zero-order chi connectivity index (χ0) is 11.4. The lowest BCUT2D eigenvalue weighted by molar-refractivity contribution is 0.0697. The average molecular weight is 229 g/mol. The molecule has 0 saturated heterocycles. The lowest BCUT2D eigenvalue weighted by Gasteiger charge is -1.93. The summed E-state index contributed by atoms with van der Waals surface area (Å²) in [6.45, 7) is 0. The molecule has 0 spiro atoms. The molecule has 1 aromatic heterocycles. The zero-order valence-electron chi connectivity index (χ0n) is 8.18. The van der Waals surface area contributed by atoms with Gasteiger partial charge in [-0.3, -0.25) is 0 Å². The van der Waals surface area contributed by atoms with Crippen LogP contribution in [0, 0.1) is 11.8 Å². The van der Waals surface area contributed by atoms with E-state index in [2.05, 4.69) is 16.8 Å². The molecule has 0 aliphatic rings. The Kier molecular flexibility index (Phi) is 2.99. The highest BCUT2D eigenvalue weighted by Gasteiger charge is 2.01. The molecular formula is C12H7NO2S. The molecule has 3 nitrogen and oxygen atoms in total. The monoisotopic (exact) mass is 229 g/mol. The van der Waals surface area contributed by atoms with Gasteiger partial charge in [-0.25, -0.2) is 9.78 Å². The Morgan fingerprint density at radius 1 is 1.38 bits per heavy atom. The summed E-state index contributed by atoms with van der Waals surface area (Å²) in [5, 5.41) is 11.4. The zero-order valence-corrected chi connectivity index (χ0v) is 8.99. The van der Waals surface area contributed by atoms with Crippen molar-refractivity contribution in [3.05, 3.63) is 52.0 Å². The van der Waals surface area contributed by atoms with E-state index in [0.29, 0.717) is 5.56 Å². The third kappa shape index (κ3) is 2.47. The second kappa shape index (κ2) is 4.60. The van der Waals surface area contributed by atoms with Crippen LogP contribution in [0.25, 0.3) is 0 Å². The lowest BCUT2D eigenvalue weighted by atomic mass is 10.1. The number of hydrogen-bond donors (Lipinski definition) is 1. The Bertz CT molecular complexity index is 564. The molecule has 0 aliphatic heterocycles. The van der Waals surface area contributed by atoms with Crippen LogP contribution < -0.4 is 0 Å². The van der Waals surface area contributed by atoms with Gasteiger partial charge in [-0.15, -0.1) is 11.3 Å². The van der Waals surface area contributed by atoms with Gasteiger partial charge in [-0.2, -0.15) is 0 Å². The summed E-state index contributed by atoms with van der Waals surface area (Å²) < 4.78 is 0. The number of benzene rings is 1. The summed E-state index contributed by atoms with van der Waals surface area (Å²) >= 11 is 1.45. The molecule has 1 heterocycles. The second-order valence-electron chi connectivity index (χ2n) is 2.97. The first kappa shape index (κ1) is 10.4. The Morgan fingerprint density at radius 2 is 2.25 bits per heavy atom. The topological polar surface area (TPSA) is 50.2 Å². The van der Waals surface area contributed by atoms with E-state index >= 15 is 0 Å². The maximum atomic E-state index is 10.7. The van der Waals surface area contributed by atoms with Gasteiger partial charge >= 0.3 is 5.97 Å². The van der Waals surface area contributed by atoms with Crippen molar-refractivity contribution in [3.63, 3.8) is 0 Å². The standard InChI is InChI=1S/C12H7NO2S/c14-12(15)10-3-1-2-9(8-10)4-5-11-13-6-7-16-11/h1-3,6-8H,(H,14,15). The van der Waals surface area contributed by atoms with Crippen molar-refractivity contribution < 1.29 is 9.90 Å². The van der Waals surface area contributed by atoms with Crippen LogP contribution in [0.3, 0.4) is 0 Å². The molecule has 1 N–H and O–H groups in total. The van der Waals surface area contributed by atoms with E-state index in [9.17, 15) is 4.79 Å². The molecule has 0 fully saturated rings. The molecule has 4 heteroatoms. The number of aromatic carboxylic acids is 1. The number of carboxylic acids is 1. The number of carboxylic acid groups (broad SMARTS) is 1. The minimum Gasteiger partial charge on any atom is -0.478 e. The summed E-state index contributed by atoms with van der Waals surface area (Å²) in [5.74, 6) is 4.80. The molecule has 2 aromatic rings. The molecule has 0 saturated carbocycles. The molecule has 78 valence electrons. The fraction of sp³-hybridized carbons (Fsp3) is 0. The molecule has 0 aliphatic carbocycles. The van der Waals surface area contributed by atoms with Gasteiger partial charge in [0.15, 0.2) is 5.01 Å². The molecular weight excluding hydrogens is 222 g/mol. The highest BCUT2D eigenvalue weighted by Crippen LogP contribution is 2.05. The van der Waals surface area contributed by atoms with Crippen molar-refractivity contribution in [2.45, 2.75) is 0 Å². The summed E-state index contributed by atoms with van der Waals surface area (Å²) in [6.07, 6.45) is 1.68. The number of thiazole rings is 1. The fourth-order valence-corrected chi connectivity index (χ4v) is 1.62. The second-order valence-corrected chi connectivity index (χ2v) is 3.87. The Labute approximate surface area is 96.4 Å². The molecule has 16 heavy (non-hydrogen) atoms. The van der Waals surface area contributed by atoms with Gasteiger partial charge in [0, 0.05) is 17.1 Å². The van der Waals surface area contributed by atoms with Gasteiger partial charge in [-0.1, -0.05) is 12.0 Å². The quantitative estimate of drug-likeness (QED) is 0.763. The van der Waals surface area contributed by atoms with Crippen molar-refractivity contribution >= 4 is 17.3 Å². The predicted octanol–water partition coefficient (Wildman–Crippen LogP) is 2.24. The van der Waals surface area contributed by atoms with Crippen molar-refractivity contribution in [1.82, 2.24) is 4.98 Å². The van der Waals surface area contributed by atoms with Crippen LogP contribution in [0.1, 0.15) is 20.9 Å². The SMILES string of the molecule is O=C(O)c1cccc(C#Cc2nccs2)c1. The smallest absolute Gasteiger partial charge is 0.335 e. The number of rotatable bonds is 1. The lowest BCUT2D eigenvalue weighted by Crippen LogP contribution is -1.95. The van der Waals surface area contributed by atoms with E-state index in [4.69, 9.17) is 5.11 Å². The highest BCUT2D eigenvalue weighted by atomic mass is 32.1. The van der Waals surface area contributed by atoms with E-state index in [1.54, 1.807) is 24.4 Å². The van der Waals surface area contributed by atoms with E-state index < -0.39 is 5.97 Å². The van der Waals surface area contributed by atoms with Crippen LogP contribution in [-0.2, 0) is 0 Å². The Balaban J connectivity index is 2.28. The Hall–Kier alpha value is -2.12. The van der Waals surface area contributed by atoms with Gasteiger partial charge in [0.05, 0.1) is 5.56 Å².